The Morgan fingerprint density at radius 3 is 2.47 bits per heavy atom. The predicted molar refractivity (Wildman–Crippen MR) is 58.0 cm³/mol. The molecular formula is C11H11N3O. The topological polar surface area (TPSA) is 60.9 Å². The van der Waals surface area contributed by atoms with Crippen molar-refractivity contribution >= 4 is 11.5 Å². The van der Waals surface area contributed by atoms with E-state index in [1.54, 1.807) is 36.1 Å². The Balaban J connectivity index is 2.35. The highest BCUT2D eigenvalue weighted by atomic mass is 16.1. The van der Waals surface area contributed by atoms with Crippen LogP contribution in [0.2, 0.25) is 0 Å². The molecule has 0 amide bonds. The lowest BCUT2D eigenvalue weighted by atomic mass is 10.1. The second-order valence-electron chi connectivity index (χ2n) is 3.32. The Hall–Kier alpha value is -2.10. The Bertz CT molecular complexity index is 485. The maximum absolute atomic E-state index is 11.1. The van der Waals surface area contributed by atoms with Gasteiger partial charge in [0, 0.05) is 5.56 Å². The van der Waals surface area contributed by atoms with Crippen molar-refractivity contribution in [3.63, 3.8) is 0 Å². The van der Waals surface area contributed by atoms with Gasteiger partial charge < -0.3 is 5.73 Å². The van der Waals surface area contributed by atoms with Crippen LogP contribution in [0.15, 0.2) is 36.7 Å². The van der Waals surface area contributed by atoms with Crippen LogP contribution in [-0.4, -0.2) is 15.6 Å². The van der Waals surface area contributed by atoms with Crippen molar-refractivity contribution in [2.45, 2.75) is 6.92 Å². The van der Waals surface area contributed by atoms with Crippen molar-refractivity contribution in [2.24, 2.45) is 0 Å². The first-order valence-corrected chi connectivity index (χ1v) is 4.58. The van der Waals surface area contributed by atoms with Gasteiger partial charge in [0.15, 0.2) is 5.78 Å². The van der Waals surface area contributed by atoms with E-state index in [-0.39, 0.29) is 5.78 Å². The normalized spacial score (nSPS) is 10.2. The quantitative estimate of drug-likeness (QED) is 0.751. The summed E-state index contributed by atoms with van der Waals surface area (Å²) in [5.41, 5.74) is 7.75. The third-order valence-electron chi connectivity index (χ3n) is 2.14. The summed E-state index contributed by atoms with van der Waals surface area (Å²) in [4.78, 5) is 11.1. The molecule has 0 aliphatic carbocycles. The van der Waals surface area contributed by atoms with Crippen LogP contribution in [0.25, 0.3) is 5.69 Å². The first kappa shape index (κ1) is 9.45. The van der Waals surface area contributed by atoms with Crippen LogP contribution in [-0.2, 0) is 0 Å². The van der Waals surface area contributed by atoms with Crippen LogP contribution < -0.4 is 5.73 Å². The first-order chi connectivity index (χ1) is 7.16. The van der Waals surface area contributed by atoms with Crippen LogP contribution in [0.3, 0.4) is 0 Å². The fourth-order valence-electron chi connectivity index (χ4n) is 1.33. The number of carbonyl (C=O) groups excluding carboxylic acids is 1. The molecule has 1 heterocycles. The summed E-state index contributed by atoms with van der Waals surface area (Å²) < 4.78 is 1.67. The van der Waals surface area contributed by atoms with Crippen molar-refractivity contribution in [3.05, 3.63) is 42.2 Å². The summed E-state index contributed by atoms with van der Waals surface area (Å²) in [5, 5.41) is 4.07. The summed E-state index contributed by atoms with van der Waals surface area (Å²) in [6, 6.07) is 7.22. The van der Waals surface area contributed by atoms with E-state index in [1.165, 1.54) is 0 Å². The minimum atomic E-state index is 0.0570. The molecule has 0 unspecified atom stereocenters. The van der Waals surface area contributed by atoms with E-state index >= 15 is 0 Å². The number of carbonyl (C=O) groups is 1. The van der Waals surface area contributed by atoms with Crippen molar-refractivity contribution in [3.8, 4) is 5.69 Å². The first-order valence-electron chi connectivity index (χ1n) is 4.58. The second-order valence-corrected chi connectivity index (χ2v) is 3.32. The molecule has 2 rings (SSSR count). The molecule has 0 bridgehead atoms. The molecular weight excluding hydrogens is 190 g/mol. The van der Waals surface area contributed by atoms with Crippen LogP contribution in [0.4, 0.5) is 5.69 Å². The number of aromatic nitrogens is 2. The smallest absolute Gasteiger partial charge is 0.159 e. The monoisotopic (exact) mass is 201 g/mol. The van der Waals surface area contributed by atoms with Crippen LogP contribution in [0.1, 0.15) is 17.3 Å². The van der Waals surface area contributed by atoms with Gasteiger partial charge in [-0.1, -0.05) is 0 Å². The molecule has 0 spiro atoms. The lowest BCUT2D eigenvalue weighted by molar-refractivity contribution is 0.101. The van der Waals surface area contributed by atoms with Crippen LogP contribution in [0.5, 0.6) is 0 Å². The molecule has 0 aliphatic rings. The SMILES string of the molecule is CC(=O)c1ccc(-n2cc(N)cn2)cc1. The summed E-state index contributed by atoms with van der Waals surface area (Å²) in [5.74, 6) is 0.0570. The molecule has 1 aromatic carbocycles. The van der Waals surface area contributed by atoms with E-state index in [1.807, 2.05) is 12.1 Å². The zero-order valence-electron chi connectivity index (χ0n) is 8.34. The van der Waals surface area contributed by atoms with Gasteiger partial charge in [0.05, 0.1) is 23.8 Å². The minimum absolute atomic E-state index is 0.0570. The van der Waals surface area contributed by atoms with Crippen LogP contribution >= 0.6 is 0 Å². The number of ketones is 1. The van der Waals surface area contributed by atoms with Gasteiger partial charge in [0.1, 0.15) is 0 Å². The number of nitrogen functional groups attached to an aromatic ring is 1. The van der Waals surface area contributed by atoms with E-state index in [9.17, 15) is 4.79 Å². The molecule has 76 valence electrons. The Kier molecular flexibility index (Phi) is 2.25. The number of hydrogen-bond acceptors (Lipinski definition) is 3. The number of nitrogens with two attached hydrogens (primary N) is 1. The molecule has 0 aliphatic heterocycles. The molecule has 0 atom stereocenters. The third-order valence-corrected chi connectivity index (χ3v) is 2.14. The number of rotatable bonds is 2. The van der Waals surface area contributed by atoms with Gasteiger partial charge in [-0.2, -0.15) is 5.10 Å². The van der Waals surface area contributed by atoms with E-state index in [0.29, 0.717) is 11.3 Å². The molecule has 15 heavy (non-hydrogen) atoms. The molecule has 4 heteroatoms. The zero-order valence-corrected chi connectivity index (χ0v) is 8.34. The van der Waals surface area contributed by atoms with Crippen LogP contribution in [0, 0.1) is 0 Å². The van der Waals surface area contributed by atoms with Gasteiger partial charge in [0.25, 0.3) is 0 Å². The maximum Gasteiger partial charge on any atom is 0.159 e. The highest BCUT2D eigenvalue weighted by Gasteiger charge is 2.01. The number of Topliss-reactive ketones (excluding diaryl/α,β-unsaturated/α-hetero) is 1. The van der Waals surface area contributed by atoms with Crippen molar-refractivity contribution in [1.29, 1.82) is 0 Å². The number of anilines is 1. The number of hydrogen-bond donors (Lipinski definition) is 1. The summed E-state index contributed by atoms with van der Waals surface area (Å²) in [7, 11) is 0. The highest BCUT2D eigenvalue weighted by molar-refractivity contribution is 5.94. The number of nitrogens with zero attached hydrogens (tertiary/aromatic N) is 2. The van der Waals surface area contributed by atoms with Crippen molar-refractivity contribution < 1.29 is 4.79 Å². The molecule has 4 nitrogen and oxygen atoms in total. The average Bonchev–Trinajstić information content (AvgIpc) is 2.65. The molecule has 1 aromatic heterocycles. The fraction of sp³-hybridized carbons (Fsp3) is 0.0909. The van der Waals surface area contributed by atoms with Gasteiger partial charge in [-0.05, 0) is 31.2 Å². The molecule has 0 fully saturated rings. The third kappa shape index (κ3) is 1.88. The summed E-state index contributed by atoms with van der Waals surface area (Å²) >= 11 is 0. The number of benzene rings is 1. The average molecular weight is 201 g/mol. The van der Waals surface area contributed by atoms with E-state index in [4.69, 9.17) is 5.73 Å². The molecule has 0 radical (unpaired) electrons. The molecule has 2 N–H and O–H groups in total. The summed E-state index contributed by atoms with van der Waals surface area (Å²) in [6.45, 7) is 1.54. The Morgan fingerprint density at radius 2 is 2.00 bits per heavy atom. The van der Waals surface area contributed by atoms with E-state index in [2.05, 4.69) is 5.10 Å². The van der Waals surface area contributed by atoms with Gasteiger partial charge >= 0.3 is 0 Å². The molecule has 0 saturated carbocycles. The van der Waals surface area contributed by atoms with Gasteiger partial charge in [-0.25, -0.2) is 4.68 Å². The Labute approximate surface area is 87.3 Å². The summed E-state index contributed by atoms with van der Waals surface area (Å²) in [6.07, 6.45) is 3.31. The van der Waals surface area contributed by atoms with Gasteiger partial charge in [-0.3, -0.25) is 4.79 Å². The predicted octanol–water partition coefficient (Wildman–Crippen LogP) is 1.66. The largest absolute Gasteiger partial charge is 0.396 e. The lowest BCUT2D eigenvalue weighted by Crippen LogP contribution is -1.96. The maximum atomic E-state index is 11.1. The van der Waals surface area contributed by atoms with Crippen molar-refractivity contribution in [1.82, 2.24) is 9.78 Å². The highest BCUT2D eigenvalue weighted by Crippen LogP contribution is 2.11. The Morgan fingerprint density at radius 1 is 1.33 bits per heavy atom. The van der Waals surface area contributed by atoms with Crippen molar-refractivity contribution in [2.75, 3.05) is 5.73 Å². The van der Waals surface area contributed by atoms with Gasteiger partial charge in [-0.15, -0.1) is 0 Å². The van der Waals surface area contributed by atoms with E-state index < -0.39 is 0 Å². The van der Waals surface area contributed by atoms with E-state index in [0.717, 1.165) is 5.69 Å². The molecule has 2 aromatic rings. The standard InChI is InChI=1S/C11H11N3O/c1-8(15)9-2-4-11(5-3-9)14-7-10(12)6-13-14/h2-7H,12H2,1H3. The fourth-order valence-corrected chi connectivity index (χ4v) is 1.33. The molecule has 0 saturated heterocycles. The second kappa shape index (κ2) is 3.57. The van der Waals surface area contributed by atoms with Gasteiger partial charge in [0.2, 0.25) is 0 Å². The zero-order chi connectivity index (χ0) is 10.8. The lowest BCUT2D eigenvalue weighted by Gasteiger charge is -2.01. The minimum Gasteiger partial charge on any atom is -0.396 e.